The van der Waals surface area contributed by atoms with Gasteiger partial charge in [0.05, 0.1) is 6.61 Å². The zero-order valence-corrected chi connectivity index (χ0v) is 10.8. The van der Waals surface area contributed by atoms with Crippen LogP contribution in [0.3, 0.4) is 0 Å². The number of anilines is 1. The lowest BCUT2D eigenvalue weighted by atomic mass is 10.0. The Morgan fingerprint density at radius 1 is 1.11 bits per heavy atom. The first-order valence-corrected chi connectivity index (χ1v) is 6.17. The summed E-state index contributed by atoms with van der Waals surface area (Å²) in [6.07, 6.45) is 1.02. The highest BCUT2D eigenvalue weighted by molar-refractivity contribution is 5.67. The second-order valence-corrected chi connectivity index (χ2v) is 4.24. The number of aryl methyl sites for hydroxylation is 1. The molecule has 0 aliphatic carbocycles. The monoisotopic (exact) mass is 242 g/mol. The van der Waals surface area contributed by atoms with E-state index in [9.17, 15) is 0 Å². The van der Waals surface area contributed by atoms with Crippen molar-refractivity contribution >= 4 is 5.82 Å². The van der Waals surface area contributed by atoms with Gasteiger partial charge in [0, 0.05) is 11.3 Å². The Bertz CT molecular complexity index is 521. The molecule has 0 fully saturated rings. The van der Waals surface area contributed by atoms with E-state index in [0.29, 0.717) is 5.82 Å². The van der Waals surface area contributed by atoms with E-state index in [1.54, 1.807) is 0 Å². The zero-order chi connectivity index (χ0) is 13.0. The number of rotatable bonds is 4. The lowest BCUT2D eigenvalue weighted by Crippen LogP contribution is -1.96. The summed E-state index contributed by atoms with van der Waals surface area (Å²) in [6.45, 7) is 4.81. The van der Waals surface area contributed by atoms with Crippen molar-refractivity contribution in [2.45, 2.75) is 20.3 Å². The van der Waals surface area contributed by atoms with Crippen LogP contribution < -0.4 is 10.5 Å². The Balaban J connectivity index is 2.23. The first-order chi connectivity index (χ1) is 8.70. The highest BCUT2D eigenvalue weighted by atomic mass is 16.5. The maximum atomic E-state index is 5.65. The van der Waals surface area contributed by atoms with Crippen LogP contribution in [0.15, 0.2) is 36.4 Å². The third-order valence-electron chi connectivity index (χ3n) is 2.75. The summed E-state index contributed by atoms with van der Waals surface area (Å²) in [7, 11) is 0. The van der Waals surface area contributed by atoms with Crippen molar-refractivity contribution in [3.8, 4) is 16.9 Å². The lowest BCUT2D eigenvalue weighted by Gasteiger charge is -2.08. The first kappa shape index (κ1) is 12.4. The molecule has 0 bridgehead atoms. The van der Waals surface area contributed by atoms with Crippen LogP contribution in [0.5, 0.6) is 5.75 Å². The average Bonchev–Trinajstić information content (AvgIpc) is 2.37. The van der Waals surface area contributed by atoms with E-state index < -0.39 is 0 Å². The van der Waals surface area contributed by atoms with Gasteiger partial charge < -0.3 is 10.5 Å². The van der Waals surface area contributed by atoms with Crippen LogP contribution in [-0.4, -0.2) is 11.6 Å². The number of ether oxygens (including phenoxy) is 1. The van der Waals surface area contributed by atoms with Gasteiger partial charge in [-0.1, -0.05) is 19.1 Å². The van der Waals surface area contributed by atoms with Gasteiger partial charge in [0.15, 0.2) is 0 Å². The van der Waals surface area contributed by atoms with Crippen molar-refractivity contribution in [1.82, 2.24) is 4.98 Å². The van der Waals surface area contributed by atoms with Crippen LogP contribution in [0.2, 0.25) is 0 Å². The van der Waals surface area contributed by atoms with E-state index in [-0.39, 0.29) is 0 Å². The van der Waals surface area contributed by atoms with Gasteiger partial charge >= 0.3 is 0 Å². The normalized spacial score (nSPS) is 10.3. The predicted molar refractivity (Wildman–Crippen MR) is 74.6 cm³/mol. The second kappa shape index (κ2) is 5.54. The van der Waals surface area contributed by atoms with Crippen LogP contribution in [0.25, 0.3) is 11.1 Å². The number of pyridine rings is 1. The fraction of sp³-hybridized carbons (Fsp3) is 0.267. The minimum atomic E-state index is 0.555. The third-order valence-corrected chi connectivity index (χ3v) is 2.75. The molecule has 0 saturated heterocycles. The molecule has 1 aromatic carbocycles. The van der Waals surface area contributed by atoms with Crippen molar-refractivity contribution in [3.63, 3.8) is 0 Å². The zero-order valence-electron chi connectivity index (χ0n) is 10.8. The van der Waals surface area contributed by atoms with Crippen LogP contribution in [0.1, 0.15) is 19.0 Å². The summed E-state index contributed by atoms with van der Waals surface area (Å²) in [5.41, 5.74) is 8.83. The van der Waals surface area contributed by atoms with Crippen molar-refractivity contribution < 1.29 is 4.74 Å². The Hall–Kier alpha value is -2.03. The van der Waals surface area contributed by atoms with Gasteiger partial charge in [0.2, 0.25) is 0 Å². The largest absolute Gasteiger partial charge is 0.494 e. The molecule has 0 spiro atoms. The molecule has 94 valence electrons. The van der Waals surface area contributed by atoms with E-state index in [1.165, 1.54) is 0 Å². The van der Waals surface area contributed by atoms with E-state index in [2.05, 4.69) is 11.9 Å². The third kappa shape index (κ3) is 2.80. The maximum Gasteiger partial charge on any atom is 0.123 e. The summed E-state index contributed by atoms with van der Waals surface area (Å²) in [6, 6.07) is 11.9. The van der Waals surface area contributed by atoms with Gasteiger partial charge in [0.25, 0.3) is 0 Å². The summed E-state index contributed by atoms with van der Waals surface area (Å²) in [5, 5.41) is 0. The molecule has 3 nitrogen and oxygen atoms in total. The van der Waals surface area contributed by atoms with Crippen molar-refractivity contribution in [2.24, 2.45) is 0 Å². The Labute approximate surface area is 108 Å². The fourth-order valence-corrected chi connectivity index (χ4v) is 1.84. The topological polar surface area (TPSA) is 48.1 Å². The van der Waals surface area contributed by atoms with Crippen LogP contribution in [0, 0.1) is 6.92 Å². The number of nitrogen functional groups attached to an aromatic ring is 1. The van der Waals surface area contributed by atoms with E-state index >= 15 is 0 Å². The van der Waals surface area contributed by atoms with Gasteiger partial charge in [-0.2, -0.15) is 0 Å². The molecule has 1 aromatic heterocycles. The number of hydrogen-bond donors (Lipinski definition) is 1. The van der Waals surface area contributed by atoms with Gasteiger partial charge in [-0.25, -0.2) is 4.98 Å². The number of hydrogen-bond acceptors (Lipinski definition) is 3. The summed E-state index contributed by atoms with van der Waals surface area (Å²) in [5.74, 6) is 1.46. The van der Waals surface area contributed by atoms with Gasteiger partial charge in [-0.3, -0.25) is 0 Å². The van der Waals surface area contributed by atoms with Crippen LogP contribution in [0.4, 0.5) is 5.82 Å². The number of nitrogens with zero attached hydrogens (tertiary/aromatic N) is 1. The van der Waals surface area contributed by atoms with E-state index in [1.807, 2.05) is 43.3 Å². The molecule has 0 saturated carbocycles. The first-order valence-electron chi connectivity index (χ1n) is 6.17. The minimum absolute atomic E-state index is 0.555. The minimum Gasteiger partial charge on any atom is -0.494 e. The van der Waals surface area contributed by atoms with E-state index in [0.717, 1.165) is 35.6 Å². The van der Waals surface area contributed by atoms with E-state index in [4.69, 9.17) is 10.5 Å². The quantitative estimate of drug-likeness (QED) is 0.893. The molecule has 1 heterocycles. The smallest absolute Gasteiger partial charge is 0.123 e. The average molecular weight is 242 g/mol. The molecule has 2 rings (SSSR count). The molecule has 3 heteroatoms. The number of benzene rings is 1. The molecular formula is C15H18N2O. The summed E-state index contributed by atoms with van der Waals surface area (Å²) in [4.78, 5) is 4.27. The predicted octanol–water partition coefficient (Wildman–Crippen LogP) is 3.43. The Morgan fingerprint density at radius 3 is 2.44 bits per heavy atom. The summed E-state index contributed by atoms with van der Waals surface area (Å²) < 4.78 is 5.56. The molecule has 0 aliphatic rings. The summed E-state index contributed by atoms with van der Waals surface area (Å²) >= 11 is 0. The SMILES string of the molecule is CCCOc1ccc(-c2ccc(N)nc2C)cc1. The standard InChI is InChI=1S/C15H18N2O/c1-3-10-18-13-6-4-12(5-7-13)14-8-9-15(16)17-11(14)2/h4-9H,3,10H2,1-2H3,(H2,16,17). The van der Waals surface area contributed by atoms with Crippen molar-refractivity contribution in [2.75, 3.05) is 12.3 Å². The molecule has 0 amide bonds. The number of aromatic nitrogens is 1. The molecular weight excluding hydrogens is 224 g/mol. The second-order valence-electron chi connectivity index (χ2n) is 4.24. The molecule has 2 N–H and O–H groups in total. The highest BCUT2D eigenvalue weighted by Crippen LogP contribution is 2.25. The lowest BCUT2D eigenvalue weighted by molar-refractivity contribution is 0.317. The fourth-order valence-electron chi connectivity index (χ4n) is 1.84. The van der Waals surface area contributed by atoms with Crippen LogP contribution in [-0.2, 0) is 0 Å². The van der Waals surface area contributed by atoms with Gasteiger partial charge in [0.1, 0.15) is 11.6 Å². The molecule has 0 aliphatic heterocycles. The molecule has 2 aromatic rings. The highest BCUT2D eigenvalue weighted by Gasteiger charge is 2.03. The number of nitrogens with two attached hydrogens (primary N) is 1. The Morgan fingerprint density at radius 2 is 1.83 bits per heavy atom. The van der Waals surface area contributed by atoms with Gasteiger partial charge in [-0.05, 0) is 43.2 Å². The molecule has 0 atom stereocenters. The maximum absolute atomic E-state index is 5.65. The van der Waals surface area contributed by atoms with Crippen LogP contribution >= 0.6 is 0 Å². The van der Waals surface area contributed by atoms with Gasteiger partial charge in [-0.15, -0.1) is 0 Å². The molecule has 0 unspecified atom stereocenters. The van der Waals surface area contributed by atoms with Crippen molar-refractivity contribution in [3.05, 3.63) is 42.1 Å². The molecule has 18 heavy (non-hydrogen) atoms. The molecule has 0 radical (unpaired) electrons. The van der Waals surface area contributed by atoms with Crippen molar-refractivity contribution in [1.29, 1.82) is 0 Å². The Kier molecular flexibility index (Phi) is 3.82.